The van der Waals surface area contributed by atoms with E-state index in [9.17, 15) is 4.79 Å². The molecule has 0 aliphatic rings. The molecule has 1 aromatic rings. The molecule has 14 heavy (non-hydrogen) atoms. The van der Waals surface area contributed by atoms with E-state index in [0.717, 1.165) is 6.42 Å². The minimum Gasteiger partial charge on any atom is -0.469 e. The molecule has 0 N–H and O–H groups in total. The smallest absolute Gasteiger partial charge is 0.305 e. The summed E-state index contributed by atoms with van der Waals surface area (Å²) in [6.07, 6.45) is 1.22. The Labute approximate surface area is 84.9 Å². The number of rotatable bonds is 3. The molecular formula is C12H16O2. The zero-order valence-corrected chi connectivity index (χ0v) is 8.96. The normalized spacial score (nSPS) is 9.93. The Morgan fingerprint density at radius 2 is 2.07 bits per heavy atom. The minimum absolute atomic E-state index is 0.147. The third-order valence-electron chi connectivity index (χ3n) is 2.54. The number of benzene rings is 1. The molecule has 0 bridgehead atoms. The Morgan fingerprint density at radius 3 is 2.71 bits per heavy atom. The van der Waals surface area contributed by atoms with Gasteiger partial charge in [0.15, 0.2) is 0 Å². The molecule has 0 saturated heterocycles. The monoisotopic (exact) mass is 192 g/mol. The van der Waals surface area contributed by atoms with Gasteiger partial charge in [-0.05, 0) is 37.0 Å². The van der Waals surface area contributed by atoms with Crippen LogP contribution in [0.15, 0.2) is 18.2 Å². The van der Waals surface area contributed by atoms with Crippen LogP contribution in [0.4, 0.5) is 0 Å². The van der Waals surface area contributed by atoms with E-state index in [1.54, 1.807) is 0 Å². The maximum atomic E-state index is 11.0. The predicted octanol–water partition coefficient (Wildman–Crippen LogP) is 2.41. The van der Waals surface area contributed by atoms with Gasteiger partial charge in [0.05, 0.1) is 7.11 Å². The number of hydrogen-bond donors (Lipinski definition) is 0. The van der Waals surface area contributed by atoms with Gasteiger partial charge in [-0.15, -0.1) is 0 Å². The number of methoxy groups -OCH3 is 1. The van der Waals surface area contributed by atoms with Crippen LogP contribution < -0.4 is 0 Å². The van der Waals surface area contributed by atoms with Crippen molar-refractivity contribution in [3.63, 3.8) is 0 Å². The van der Waals surface area contributed by atoms with Crippen LogP contribution in [0.3, 0.4) is 0 Å². The lowest BCUT2D eigenvalue weighted by molar-refractivity contribution is -0.140. The molecule has 0 heterocycles. The molecule has 0 fully saturated rings. The second kappa shape index (κ2) is 4.80. The summed E-state index contributed by atoms with van der Waals surface area (Å²) in [6, 6.07) is 6.16. The van der Waals surface area contributed by atoms with Gasteiger partial charge < -0.3 is 4.74 Å². The van der Waals surface area contributed by atoms with Crippen molar-refractivity contribution in [3.8, 4) is 0 Å². The van der Waals surface area contributed by atoms with Gasteiger partial charge in [0, 0.05) is 6.42 Å². The molecule has 1 aromatic carbocycles. The lowest BCUT2D eigenvalue weighted by atomic mass is 10.00. The molecule has 0 unspecified atom stereocenters. The number of esters is 1. The molecule has 0 amide bonds. The predicted molar refractivity (Wildman–Crippen MR) is 56.3 cm³/mol. The van der Waals surface area contributed by atoms with Crippen molar-refractivity contribution in [2.24, 2.45) is 0 Å². The van der Waals surface area contributed by atoms with E-state index in [1.807, 2.05) is 6.07 Å². The molecule has 0 spiro atoms. The van der Waals surface area contributed by atoms with E-state index in [0.29, 0.717) is 6.42 Å². The van der Waals surface area contributed by atoms with E-state index in [1.165, 1.54) is 23.8 Å². The summed E-state index contributed by atoms with van der Waals surface area (Å²) >= 11 is 0. The van der Waals surface area contributed by atoms with Gasteiger partial charge in [-0.25, -0.2) is 0 Å². The zero-order valence-electron chi connectivity index (χ0n) is 8.96. The fourth-order valence-electron chi connectivity index (χ4n) is 1.42. The SMILES string of the molecule is COC(=O)CCc1cccc(C)c1C. The highest BCUT2D eigenvalue weighted by atomic mass is 16.5. The Balaban J connectivity index is 2.68. The van der Waals surface area contributed by atoms with Crippen molar-refractivity contribution in [1.29, 1.82) is 0 Å². The number of carbonyl (C=O) groups excluding carboxylic acids is 1. The molecule has 1 rings (SSSR count). The van der Waals surface area contributed by atoms with Crippen molar-refractivity contribution in [2.45, 2.75) is 26.7 Å². The van der Waals surface area contributed by atoms with Crippen LogP contribution in [0.5, 0.6) is 0 Å². The Morgan fingerprint density at radius 1 is 1.36 bits per heavy atom. The number of carbonyl (C=O) groups is 1. The molecular weight excluding hydrogens is 176 g/mol. The first-order valence-corrected chi connectivity index (χ1v) is 4.77. The average molecular weight is 192 g/mol. The Hall–Kier alpha value is -1.31. The van der Waals surface area contributed by atoms with Crippen LogP contribution in [0.25, 0.3) is 0 Å². The third-order valence-corrected chi connectivity index (χ3v) is 2.54. The Bertz CT molecular complexity index is 329. The highest BCUT2D eigenvalue weighted by molar-refractivity contribution is 5.69. The molecule has 76 valence electrons. The molecule has 2 heteroatoms. The van der Waals surface area contributed by atoms with Crippen LogP contribution in [0, 0.1) is 13.8 Å². The second-order valence-electron chi connectivity index (χ2n) is 3.44. The summed E-state index contributed by atoms with van der Waals surface area (Å²) in [5.74, 6) is -0.147. The van der Waals surface area contributed by atoms with Crippen molar-refractivity contribution >= 4 is 5.97 Å². The topological polar surface area (TPSA) is 26.3 Å². The van der Waals surface area contributed by atoms with Gasteiger partial charge in [0.2, 0.25) is 0 Å². The quantitative estimate of drug-likeness (QED) is 0.687. The number of ether oxygens (including phenoxy) is 1. The molecule has 0 atom stereocenters. The van der Waals surface area contributed by atoms with Gasteiger partial charge in [-0.1, -0.05) is 18.2 Å². The summed E-state index contributed by atoms with van der Waals surface area (Å²) in [6.45, 7) is 4.17. The molecule has 0 aliphatic carbocycles. The molecule has 0 aromatic heterocycles. The van der Waals surface area contributed by atoms with E-state index in [4.69, 9.17) is 0 Å². The first-order chi connectivity index (χ1) is 6.65. The van der Waals surface area contributed by atoms with Gasteiger partial charge in [0.1, 0.15) is 0 Å². The molecule has 0 radical (unpaired) electrons. The molecule has 0 aliphatic heterocycles. The number of hydrogen-bond acceptors (Lipinski definition) is 2. The molecule has 2 nitrogen and oxygen atoms in total. The minimum atomic E-state index is -0.147. The highest BCUT2D eigenvalue weighted by Gasteiger charge is 2.04. The van der Waals surface area contributed by atoms with E-state index < -0.39 is 0 Å². The Kier molecular flexibility index (Phi) is 3.69. The summed E-state index contributed by atoms with van der Waals surface area (Å²) < 4.78 is 4.60. The van der Waals surface area contributed by atoms with Crippen LogP contribution in [0.1, 0.15) is 23.1 Å². The summed E-state index contributed by atoms with van der Waals surface area (Å²) in [4.78, 5) is 11.0. The lowest BCUT2D eigenvalue weighted by Gasteiger charge is -2.07. The zero-order chi connectivity index (χ0) is 10.6. The van der Waals surface area contributed by atoms with Gasteiger partial charge in [0.25, 0.3) is 0 Å². The van der Waals surface area contributed by atoms with Gasteiger partial charge in [-0.3, -0.25) is 4.79 Å². The molecule has 0 saturated carbocycles. The summed E-state index contributed by atoms with van der Waals surface area (Å²) in [7, 11) is 1.42. The fraction of sp³-hybridized carbons (Fsp3) is 0.417. The maximum absolute atomic E-state index is 11.0. The van der Waals surface area contributed by atoms with Crippen LogP contribution in [-0.2, 0) is 16.0 Å². The lowest BCUT2D eigenvalue weighted by Crippen LogP contribution is -2.03. The number of aryl methyl sites for hydroxylation is 2. The van der Waals surface area contributed by atoms with E-state index in [-0.39, 0.29) is 5.97 Å². The standard InChI is InChI=1S/C12H16O2/c1-9-5-4-6-11(10(9)2)7-8-12(13)14-3/h4-6H,7-8H2,1-3H3. The van der Waals surface area contributed by atoms with Gasteiger partial charge >= 0.3 is 5.97 Å². The van der Waals surface area contributed by atoms with Crippen molar-refractivity contribution < 1.29 is 9.53 Å². The average Bonchev–Trinajstić information content (AvgIpc) is 2.20. The fourth-order valence-corrected chi connectivity index (χ4v) is 1.42. The van der Waals surface area contributed by atoms with Crippen molar-refractivity contribution in [3.05, 3.63) is 34.9 Å². The van der Waals surface area contributed by atoms with Crippen molar-refractivity contribution in [1.82, 2.24) is 0 Å². The van der Waals surface area contributed by atoms with E-state index >= 15 is 0 Å². The van der Waals surface area contributed by atoms with E-state index in [2.05, 4.69) is 30.7 Å². The second-order valence-corrected chi connectivity index (χ2v) is 3.44. The van der Waals surface area contributed by atoms with Crippen LogP contribution >= 0.6 is 0 Å². The van der Waals surface area contributed by atoms with Crippen molar-refractivity contribution in [2.75, 3.05) is 7.11 Å². The van der Waals surface area contributed by atoms with Gasteiger partial charge in [-0.2, -0.15) is 0 Å². The third kappa shape index (κ3) is 2.59. The first kappa shape index (κ1) is 10.8. The maximum Gasteiger partial charge on any atom is 0.305 e. The largest absolute Gasteiger partial charge is 0.469 e. The summed E-state index contributed by atoms with van der Waals surface area (Å²) in [5.41, 5.74) is 3.78. The summed E-state index contributed by atoms with van der Waals surface area (Å²) in [5, 5.41) is 0. The van der Waals surface area contributed by atoms with Crippen LogP contribution in [0.2, 0.25) is 0 Å². The first-order valence-electron chi connectivity index (χ1n) is 4.77. The van der Waals surface area contributed by atoms with Crippen LogP contribution in [-0.4, -0.2) is 13.1 Å². The highest BCUT2D eigenvalue weighted by Crippen LogP contribution is 2.14.